The van der Waals surface area contributed by atoms with Gasteiger partial charge in [0, 0.05) is 17.5 Å². The molecule has 0 radical (unpaired) electrons. The van der Waals surface area contributed by atoms with Crippen LogP contribution in [0.3, 0.4) is 0 Å². The fraction of sp³-hybridized carbons (Fsp3) is 0.357. The number of hydrogen-bond acceptors (Lipinski definition) is 3. The predicted octanol–water partition coefficient (Wildman–Crippen LogP) is 4.00. The first-order valence-corrected chi connectivity index (χ1v) is 6.88. The summed E-state index contributed by atoms with van der Waals surface area (Å²) in [5.74, 6) is -0.200. The normalized spacial score (nSPS) is 14.4. The van der Waals surface area contributed by atoms with Crippen molar-refractivity contribution in [3.05, 3.63) is 51.7 Å². The van der Waals surface area contributed by atoms with Crippen LogP contribution < -0.4 is 5.32 Å². The number of rotatable bonds is 4. The van der Waals surface area contributed by atoms with Crippen LogP contribution in [-0.4, -0.2) is 4.98 Å². The van der Waals surface area contributed by atoms with Crippen molar-refractivity contribution in [2.75, 3.05) is 0 Å². The monoisotopic (exact) mass is 264 g/mol. The molecule has 2 rings (SSSR count). The van der Waals surface area contributed by atoms with Crippen LogP contribution in [0.15, 0.2) is 29.6 Å². The number of thiazole rings is 1. The van der Waals surface area contributed by atoms with Gasteiger partial charge in [0.15, 0.2) is 0 Å². The molecule has 2 atom stereocenters. The Kier molecular flexibility index (Phi) is 4.09. The third-order valence-corrected chi connectivity index (χ3v) is 3.74. The van der Waals surface area contributed by atoms with Crippen molar-refractivity contribution >= 4 is 11.3 Å². The first-order chi connectivity index (χ1) is 8.56. The van der Waals surface area contributed by atoms with Gasteiger partial charge in [0.2, 0.25) is 0 Å². The van der Waals surface area contributed by atoms with Gasteiger partial charge >= 0.3 is 0 Å². The van der Waals surface area contributed by atoms with E-state index in [0.717, 1.165) is 16.3 Å². The lowest BCUT2D eigenvalue weighted by Crippen LogP contribution is -2.22. The molecular formula is C14H17FN2S. The van der Waals surface area contributed by atoms with Gasteiger partial charge in [-0.3, -0.25) is 0 Å². The Morgan fingerprint density at radius 1 is 1.17 bits per heavy atom. The summed E-state index contributed by atoms with van der Waals surface area (Å²) in [7, 11) is 0. The summed E-state index contributed by atoms with van der Waals surface area (Å²) in [6.07, 6.45) is 0. The maximum atomic E-state index is 12.9. The molecule has 0 saturated carbocycles. The number of hydrogen-bond donors (Lipinski definition) is 1. The second kappa shape index (κ2) is 5.59. The van der Waals surface area contributed by atoms with Crippen LogP contribution in [0, 0.1) is 12.7 Å². The molecule has 0 aliphatic carbocycles. The van der Waals surface area contributed by atoms with E-state index in [-0.39, 0.29) is 17.9 Å². The molecule has 1 unspecified atom stereocenters. The number of nitrogens with zero attached hydrogens (tertiary/aromatic N) is 1. The van der Waals surface area contributed by atoms with Gasteiger partial charge in [0.05, 0.1) is 10.7 Å². The fourth-order valence-corrected chi connectivity index (χ4v) is 2.59. The second-order valence-electron chi connectivity index (χ2n) is 4.45. The topological polar surface area (TPSA) is 24.9 Å². The largest absolute Gasteiger partial charge is 0.302 e. The molecule has 0 fully saturated rings. The minimum Gasteiger partial charge on any atom is -0.302 e. The predicted molar refractivity (Wildman–Crippen MR) is 73.2 cm³/mol. The summed E-state index contributed by atoms with van der Waals surface area (Å²) in [5, 5.41) is 6.62. The van der Waals surface area contributed by atoms with E-state index < -0.39 is 0 Å². The summed E-state index contributed by atoms with van der Waals surface area (Å²) >= 11 is 1.66. The lowest BCUT2D eigenvalue weighted by Gasteiger charge is -2.19. The third kappa shape index (κ3) is 3.15. The van der Waals surface area contributed by atoms with Crippen molar-refractivity contribution < 1.29 is 4.39 Å². The van der Waals surface area contributed by atoms with Gasteiger partial charge in [-0.05, 0) is 38.5 Å². The minimum absolute atomic E-state index is 0.169. The Balaban J connectivity index is 2.02. The molecule has 0 spiro atoms. The highest BCUT2D eigenvalue weighted by molar-refractivity contribution is 7.09. The van der Waals surface area contributed by atoms with Crippen LogP contribution in [-0.2, 0) is 0 Å². The van der Waals surface area contributed by atoms with E-state index in [0.29, 0.717) is 0 Å². The van der Waals surface area contributed by atoms with Crippen LogP contribution in [0.2, 0.25) is 0 Å². The Hall–Kier alpha value is -1.26. The molecule has 0 amide bonds. The Morgan fingerprint density at radius 2 is 1.83 bits per heavy atom. The summed E-state index contributed by atoms with van der Waals surface area (Å²) in [6.45, 7) is 6.17. The molecular weight excluding hydrogens is 247 g/mol. The van der Waals surface area contributed by atoms with Crippen LogP contribution in [0.25, 0.3) is 0 Å². The Bertz CT molecular complexity index is 507. The van der Waals surface area contributed by atoms with Crippen molar-refractivity contribution in [1.82, 2.24) is 10.3 Å². The smallest absolute Gasteiger partial charge is 0.123 e. The minimum atomic E-state index is -0.200. The van der Waals surface area contributed by atoms with Crippen molar-refractivity contribution in [2.24, 2.45) is 0 Å². The number of nitrogens with one attached hydrogen (secondary N) is 1. The van der Waals surface area contributed by atoms with Gasteiger partial charge < -0.3 is 5.32 Å². The van der Waals surface area contributed by atoms with E-state index in [4.69, 9.17) is 0 Å². The van der Waals surface area contributed by atoms with Crippen molar-refractivity contribution in [3.8, 4) is 0 Å². The summed E-state index contributed by atoms with van der Waals surface area (Å²) < 4.78 is 12.9. The van der Waals surface area contributed by atoms with Crippen LogP contribution in [0.4, 0.5) is 4.39 Å². The first-order valence-electron chi connectivity index (χ1n) is 6.00. The van der Waals surface area contributed by atoms with E-state index in [1.165, 1.54) is 12.1 Å². The van der Waals surface area contributed by atoms with Gasteiger partial charge in [-0.2, -0.15) is 0 Å². The first kappa shape index (κ1) is 13.2. The Labute approximate surface area is 111 Å². The molecule has 0 aliphatic rings. The molecule has 4 heteroatoms. The number of benzene rings is 1. The van der Waals surface area contributed by atoms with Gasteiger partial charge in [-0.25, -0.2) is 9.37 Å². The maximum Gasteiger partial charge on any atom is 0.123 e. The number of aryl methyl sites for hydroxylation is 1. The lowest BCUT2D eigenvalue weighted by molar-refractivity contribution is 0.487. The average molecular weight is 264 g/mol. The molecule has 96 valence electrons. The molecule has 0 saturated heterocycles. The van der Waals surface area contributed by atoms with Crippen LogP contribution in [0.1, 0.15) is 42.2 Å². The molecule has 2 aromatic rings. The number of aromatic nitrogens is 1. The summed E-state index contributed by atoms with van der Waals surface area (Å²) in [6, 6.07) is 6.96. The summed E-state index contributed by atoms with van der Waals surface area (Å²) in [5.41, 5.74) is 2.14. The quantitative estimate of drug-likeness (QED) is 0.902. The highest BCUT2D eigenvalue weighted by atomic mass is 32.1. The SMILES string of the molecule is Cc1nc(C(C)N[C@@H](C)c2ccc(F)cc2)cs1. The molecule has 2 nitrogen and oxygen atoms in total. The Morgan fingerprint density at radius 3 is 2.39 bits per heavy atom. The molecule has 0 aliphatic heterocycles. The van der Waals surface area contributed by atoms with Crippen molar-refractivity contribution in [1.29, 1.82) is 0 Å². The standard InChI is InChI=1S/C14H17FN2S/c1-9(12-4-6-13(15)7-5-12)16-10(2)14-8-18-11(3)17-14/h4-10,16H,1-3H3/t9-,10?/m0/s1. The van der Waals surface area contributed by atoms with E-state index in [1.807, 2.05) is 19.1 Å². The van der Waals surface area contributed by atoms with Crippen molar-refractivity contribution in [2.45, 2.75) is 32.9 Å². The van der Waals surface area contributed by atoms with Crippen LogP contribution >= 0.6 is 11.3 Å². The van der Waals surface area contributed by atoms with E-state index in [2.05, 4.69) is 29.5 Å². The number of halogens is 1. The highest BCUT2D eigenvalue weighted by Crippen LogP contribution is 2.20. The van der Waals surface area contributed by atoms with Crippen molar-refractivity contribution in [3.63, 3.8) is 0 Å². The van der Waals surface area contributed by atoms with E-state index in [9.17, 15) is 4.39 Å². The molecule has 18 heavy (non-hydrogen) atoms. The van der Waals surface area contributed by atoms with Gasteiger partial charge in [-0.15, -0.1) is 11.3 Å². The zero-order valence-electron chi connectivity index (χ0n) is 10.8. The molecule has 1 aromatic heterocycles. The zero-order chi connectivity index (χ0) is 13.1. The zero-order valence-corrected chi connectivity index (χ0v) is 11.6. The van der Waals surface area contributed by atoms with Crippen LogP contribution in [0.5, 0.6) is 0 Å². The second-order valence-corrected chi connectivity index (χ2v) is 5.52. The molecule has 0 bridgehead atoms. The van der Waals surface area contributed by atoms with Gasteiger partial charge in [0.25, 0.3) is 0 Å². The molecule has 1 heterocycles. The fourth-order valence-electron chi connectivity index (χ4n) is 1.89. The molecule has 1 aromatic carbocycles. The van der Waals surface area contributed by atoms with E-state index in [1.54, 1.807) is 11.3 Å². The maximum absolute atomic E-state index is 12.9. The lowest BCUT2D eigenvalue weighted by atomic mass is 10.1. The van der Waals surface area contributed by atoms with E-state index >= 15 is 0 Å². The van der Waals surface area contributed by atoms with Gasteiger partial charge in [-0.1, -0.05) is 12.1 Å². The average Bonchev–Trinajstić information content (AvgIpc) is 2.76. The molecule has 1 N–H and O–H groups in total. The highest BCUT2D eigenvalue weighted by Gasteiger charge is 2.13. The van der Waals surface area contributed by atoms with Gasteiger partial charge in [0.1, 0.15) is 5.82 Å². The summed E-state index contributed by atoms with van der Waals surface area (Å²) in [4.78, 5) is 4.47. The third-order valence-electron chi connectivity index (χ3n) is 2.95.